The summed E-state index contributed by atoms with van der Waals surface area (Å²) in [4.78, 5) is 12.9. The number of aryl methyl sites for hydroxylation is 1. The Balaban J connectivity index is 2.47. The summed E-state index contributed by atoms with van der Waals surface area (Å²) in [6, 6.07) is 8.19. The van der Waals surface area contributed by atoms with E-state index in [0.29, 0.717) is 12.2 Å². The fourth-order valence-electron chi connectivity index (χ4n) is 5.53. The van der Waals surface area contributed by atoms with Crippen LogP contribution in [0.25, 0.3) is 0 Å². The molecule has 0 heterocycles. The van der Waals surface area contributed by atoms with Crippen LogP contribution in [0.15, 0.2) is 24.3 Å². The fourth-order valence-corrected chi connectivity index (χ4v) is 5.53. The minimum atomic E-state index is -0.152. The molecule has 0 saturated heterocycles. The standard InChI is InChI=1S/C36H64O2/c1-5-8-11-14-17-18-21-24-31-36(4,30-23-20-16-13-10-7-3)32-38-35(37)34-28-26-33(27-29-34)25-22-19-15-12-9-6-2/h26-29H,5-25,30-32H2,1-4H3. The van der Waals surface area contributed by atoms with Crippen LogP contribution in [0.5, 0.6) is 0 Å². The number of carbonyl (C=O) groups is 1. The van der Waals surface area contributed by atoms with Crippen LogP contribution in [0.3, 0.4) is 0 Å². The second kappa shape index (κ2) is 23.6. The maximum atomic E-state index is 12.9. The van der Waals surface area contributed by atoms with Gasteiger partial charge >= 0.3 is 5.97 Å². The summed E-state index contributed by atoms with van der Waals surface area (Å²) in [6.45, 7) is 9.73. The van der Waals surface area contributed by atoms with Gasteiger partial charge in [-0.3, -0.25) is 0 Å². The summed E-state index contributed by atoms with van der Waals surface area (Å²) >= 11 is 0. The Morgan fingerprint density at radius 3 is 1.42 bits per heavy atom. The van der Waals surface area contributed by atoms with Crippen molar-refractivity contribution >= 4 is 5.97 Å². The minimum Gasteiger partial charge on any atom is -0.462 e. The Labute approximate surface area is 238 Å². The number of carbonyl (C=O) groups excluding carboxylic acids is 1. The van der Waals surface area contributed by atoms with Gasteiger partial charge in [0.1, 0.15) is 0 Å². The van der Waals surface area contributed by atoms with E-state index in [1.54, 1.807) is 0 Å². The van der Waals surface area contributed by atoms with Crippen molar-refractivity contribution in [2.24, 2.45) is 5.41 Å². The molecule has 0 N–H and O–H groups in total. The molecule has 0 aliphatic rings. The van der Waals surface area contributed by atoms with Gasteiger partial charge in [0.2, 0.25) is 0 Å². The number of benzene rings is 1. The van der Waals surface area contributed by atoms with Gasteiger partial charge in [0, 0.05) is 5.41 Å². The van der Waals surface area contributed by atoms with Crippen molar-refractivity contribution in [1.82, 2.24) is 0 Å². The van der Waals surface area contributed by atoms with Gasteiger partial charge in [-0.2, -0.15) is 0 Å². The normalized spacial score (nSPS) is 12.9. The third kappa shape index (κ3) is 18.1. The first-order valence-electron chi connectivity index (χ1n) is 16.8. The summed E-state index contributed by atoms with van der Waals surface area (Å²) < 4.78 is 5.95. The molecule has 0 radical (unpaired) electrons. The predicted molar refractivity (Wildman–Crippen MR) is 167 cm³/mol. The Morgan fingerprint density at radius 1 is 0.579 bits per heavy atom. The van der Waals surface area contributed by atoms with Crippen LogP contribution in [-0.4, -0.2) is 12.6 Å². The number of unbranched alkanes of at least 4 members (excludes halogenated alkanes) is 17. The quantitative estimate of drug-likeness (QED) is 0.0882. The van der Waals surface area contributed by atoms with Crippen LogP contribution >= 0.6 is 0 Å². The van der Waals surface area contributed by atoms with Crippen LogP contribution in [0.4, 0.5) is 0 Å². The van der Waals surface area contributed by atoms with Gasteiger partial charge in [-0.05, 0) is 43.4 Å². The second-order valence-electron chi connectivity index (χ2n) is 12.3. The van der Waals surface area contributed by atoms with Gasteiger partial charge in [0.15, 0.2) is 0 Å². The molecule has 0 amide bonds. The average Bonchev–Trinajstić information content (AvgIpc) is 2.93. The van der Waals surface area contributed by atoms with Crippen LogP contribution < -0.4 is 0 Å². The molecule has 0 saturated carbocycles. The van der Waals surface area contributed by atoms with Crippen LogP contribution in [0.2, 0.25) is 0 Å². The molecule has 0 fully saturated rings. The molecule has 0 aliphatic carbocycles. The molecule has 1 rings (SSSR count). The highest BCUT2D eigenvalue weighted by Crippen LogP contribution is 2.32. The first-order chi connectivity index (χ1) is 18.5. The molecule has 0 spiro atoms. The van der Waals surface area contributed by atoms with E-state index in [0.717, 1.165) is 6.42 Å². The molecule has 1 atom stereocenters. The number of rotatable bonds is 26. The highest BCUT2D eigenvalue weighted by atomic mass is 16.5. The lowest BCUT2D eigenvalue weighted by molar-refractivity contribution is 0.0264. The molecule has 2 nitrogen and oxygen atoms in total. The summed E-state index contributed by atoms with van der Waals surface area (Å²) in [5.74, 6) is -0.152. The minimum absolute atomic E-state index is 0.0976. The zero-order valence-corrected chi connectivity index (χ0v) is 26.1. The van der Waals surface area contributed by atoms with Crippen LogP contribution in [0, 0.1) is 5.41 Å². The van der Waals surface area contributed by atoms with E-state index in [4.69, 9.17) is 4.74 Å². The Bertz CT molecular complexity index is 664. The van der Waals surface area contributed by atoms with Crippen LogP contribution in [0.1, 0.15) is 185 Å². The Kier molecular flexibility index (Phi) is 21.5. The van der Waals surface area contributed by atoms with Crippen molar-refractivity contribution in [3.63, 3.8) is 0 Å². The summed E-state index contributed by atoms with van der Waals surface area (Å²) in [5.41, 5.74) is 2.13. The lowest BCUT2D eigenvalue weighted by Crippen LogP contribution is -2.25. The van der Waals surface area contributed by atoms with Crippen molar-refractivity contribution in [1.29, 1.82) is 0 Å². The molecular formula is C36H64O2. The second-order valence-corrected chi connectivity index (χ2v) is 12.3. The van der Waals surface area contributed by atoms with E-state index in [2.05, 4.69) is 39.8 Å². The molecule has 1 aromatic carbocycles. The Hall–Kier alpha value is -1.31. The van der Waals surface area contributed by atoms with E-state index in [1.165, 1.54) is 147 Å². The lowest BCUT2D eigenvalue weighted by atomic mass is 9.80. The van der Waals surface area contributed by atoms with E-state index in [1.807, 2.05) is 12.1 Å². The topological polar surface area (TPSA) is 26.3 Å². The van der Waals surface area contributed by atoms with Gasteiger partial charge in [-0.15, -0.1) is 0 Å². The Morgan fingerprint density at radius 2 is 0.974 bits per heavy atom. The van der Waals surface area contributed by atoms with E-state index in [-0.39, 0.29) is 11.4 Å². The smallest absolute Gasteiger partial charge is 0.338 e. The van der Waals surface area contributed by atoms with Crippen molar-refractivity contribution < 1.29 is 9.53 Å². The van der Waals surface area contributed by atoms with Gasteiger partial charge in [0.05, 0.1) is 12.2 Å². The summed E-state index contributed by atoms with van der Waals surface area (Å²) in [6.07, 6.45) is 30.0. The molecule has 2 heteroatoms. The van der Waals surface area contributed by atoms with Gasteiger partial charge in [-0.1, -0.05) is 162 Å². The molecule has 0 bridgehead atoms. The zero-order chi connectivity index (χ0) is 27.7. The summed E-state index contributed by atoms with van der Waals surface area (Å²) in [5, 5.41) is 0. The number of esters is 1. The monoisotopic (exact) mass is 528 g/mol. The number of hydrogen-bond donors (Lipinski definition) is 0. The maximum absolute atomic E-state index is 12.9. The average molecular weight is 529 g/mol. The first kappa shape index (κ1) is 34.7. The van der Waals surface area contributed by atoms with Gasteiger partial charge in [0.25, 0.3) is 0 Å². The summed E-state index contributed by atoms with van der Waals surface area (Å²) in [7, 11) is 0. The van der Waals surface area contributed by atoms with E-state index in [9.17, 15) is 4.79 Å². The molecule has 38 heavy (non-hydrogen) atoms. The fraction of sp³-hybridized carbons (Fsp3) is 0.806. The van der Waals surface area contributed by atoms with Crippen molar-refractivity contribution in [2.45, 2.75) is 175 Å². The van der Waals surface area contributed by atoms with Crippen LogP contribution in [-0.2, 0) is 11.2 Å². The largest absolute Gasteiger partial charge is 0.462 e. The van der Waals surface area contributed by atoms with Gasteiger partial charge < -0.3 is 4.74 Å². The van der Waals surface area contributed by atoms with E-state index >= 15 is 0 Å². The molecule has 1 aromatic rings. The molecular weight excluding hydrogens is 464 g/mol. The van der Waals surface area contributed by atoms with Gasteiger partial charge in [-0.25, -0.2) is 4.79 Å². The maximum Gasteiger partial charge on any atom is 0.338 e. The zero-order valence-electron chi connectivity index (χ0n) is 26.1. The van der Waals surface area contributed by atoms with Crippen molar-refractivity contribution in [3.8, 4) is 0 Å². The number of hydrogen-bond acceptors (Lipinski definition) is 2. The molecule has 0 aromatic heterocycles. The third-order valence-electron chi connectivity index (χ3n) is 8.33. The van der Waals surface area contributed by atoms with Crippen molar-refractivity contribution in [2.75, 3.05) is 6.61 Å². The molecule has 220 valence electrons. The molecule has 1 unspecified atom stereocenters. The molecule has 0 aliphatic heterocycles. The van der Waals surface area contributed by atoms with E-state index < -0.39 is 0 Å². The number of ether oxygens (including phenoxy) is 1. The first-order valence-corrected chi connectivity index (χ1v) is 16.8. The SMILES string of the molecule is CCCCCCCCCCC(C)(CCCCCCCC)COC(=O)c1ccc(CCCCCCCC)cc1. The predicted octanol–water partition coefficient (Wildman–Crippen LogP) is 12.0. The highest BCUT2D eigenvalue weighted by Gasteiger charge is 2.26. The highest BCUT2D eigenvalue weighted by molar-refractivity contribution is 5.89. The van der Waals surface area contributed by atoms with Crippen molar-refractivity contribution in [3.05, 3.63) is 35.4 Å². The lowest BCUT2D eigenvalue weighted by Gasteiger charge is -2.29. The third-order valence-corrected chi connectivity index (χ3v) is 8.33.